The van der Waals surface area contributed by atoms with E-state index in [0.717, 1.165) is 21.2 Å². The molecule has 2 rings (SSSR count). The Morgan fingerprint density at radius 1 is 1.20 bits per heavy atom. The summed E-state index contributed by atoms with van der Waals surface area (Å²) in [6.45, 7) is 6.37. The van der Waals surface area contributed by atoms with Gasteiger partial charge in [0.15, 0.2) is 5.78 Å². The van der Waals surface area contributed by atoms with Crippen LogP contribution in [0.15, 0.2) is 47.2 Å². The minimum Gasteiger partial charge on any atom is -0.294 e. The van der Waals surface area contributed by atoms with Crippen LogP contribution >= 0.6 is 15.9 Å². The zero-order valence-electron chi connectivity index (χ0n) is 12.0. The number of hydrogen-bond donors (Lipinski definition) is 0. The van der Waals surface area contributed by atoms with E-state index in [1.807, 2.05) is 30.3 Å². The van der Waals surface area contributed by atoms with Gasteiger partial charge < -0.3 is 0 Å². The Hall–Kier alpha value is -1.48. The second kappa shape index (κ2) is 5.88. The van der Waals surface area contributed by atoms with Crippen LogP contribution in [-0.2, 0) is 11.8 Å². The molecule has 0 saturated carbocycles. The second-order valence-electron chi connectivity index (χ2n) is 5.91. The molecule has 0 aliphatic rings. The van der Waals surface area contributed by atoms with Gasteiger partial charge in [0.25, 0.3) is 0 Å². The van der Waals surface area contributed by atoms with E-state index < -0.39 is 0 Å². The van der Waals surface area contributed by atoms with Gasteiger partial charge in [-0.1, -0.05) is 45.0 Å². The smallest absolute Gasteiger partial charge is 0.167 e. The monoisotopic (exact) mass is 331 g/mol. The maximum atomic E-state index is 12.5. The number of halogens is 1. The van der Waals surface area contributed by atoms with Crippen molar-refractivity contribution >= 4 is 21.7 Å². The topological polar surface area (TPSA) is 30.0 Å². The molecule has 2 nitrogen and oxygen atoms in total. The van der Waals surface area contributed by atoms with E-state index in [1.165, 1.54) is 0 Å². The number of ketones is 1. The average molecular weight is 332 g/mol. The minimum absolute atomic E-state index is 0.0399. The van der Waals surface area contributed by atoms with Gasteiger partial charge in [-0.3, -0.25) is 9.78 Å². The molecule has 0 aliphatic heterocycles. The van der Waals surface area contributed by atoms with Crippen molar-refractivity contribution in [1.82, 2.24) is 4.98 Å². The van der Waals surface area contributed by atoms with E-state index in [-0.39, 0.29) is 11.2 Å². The molecule has 0 saturated heterocycles. The van der Waals surface area contributed by atoms with Crippen molar-refractivity contribution in [2.45, 2.75) is 32.6 Å². The summed E-state index contributed by atoms with van der Waals surface area (Å²) in [7, 11) is 0. The van der Waals surface area contributed by atoms with Crippen LogP contribution in [0.3, 0.4) is 0 Å². The summed E-state index contributed by atoms with van der Waals surface area (Å²) in [4.78, 5) is 16.7. The highest BCUT2D eigenvalue weighted by Gasteiger charge is 2.21. The lowest BCUT2D eigenvalue weighted by Crippen LogP contribution is -2.17. The Bertz CT molecular complexity index is 629. The van der Waals surface area contributed by atoms with Gasteiger partial charge in [0.05, 0.1) is 0 Å². The van der Waals surface area contributed by atoms with Crippen molar-refractivity contribution in [1.29, 1.82) is 0 Å². The van der Waals surface area contributed by atoms with Crippen molar-refractivity contribution in [3.05, 3.63) is 63.9 Å². The first-order valence-corrected chi connectivity index (χ1v) is 7.39. The predicted molar refractivity (Wildman–Crippen MR) is 85.1 cm³/mol. The van der Waals surface area contributed by atoms with Crippen molar-refractivity contribution in [2.75, 3.05) is 0 Å². The number of aromatic nitrogens is 1. The van der Waals surface area contributed by atoms with Crippen molar-refractivity contribution in [3.63, 3.8) is 0 Å². The first-order chi connectivity index (χ1) is 9.38. The SMILES string of the molecule is CC(C)(C)c1ccccc1C(=O)Cc1cncc(Br)c1. The molecular weight excluding hydrogens is 314 g/mol. The molecule has 0 aliphatic carbocycles. The number of rotatable bonds is 3. The Balaban J connectivity index is 2.31. The fourth-order valence-corrected chi connectivity index (χ4v) is 2.63. The lowest BCUT2D eigenvalue weighted by molar-refractivity contribution is 0.0990. The van der Waals surface area contributed by atoms with Crippen LogP contribution < -0.4 is 0 Å². The maximum absolute atomic E-state index is 12.5. The molecule has 1 aromatic carbocycles. The minimum atomic E-state index is -0.0399. The Morgan fingerprint density at radius 2 is 1.90 bits per heavy atom. The molecule has 0 bridgehead atoms. The third kappa shape index (κ3) is 3.54. The van der Waals surface area contributed by atoms with Gasteiger partial charge in [0, 0.05) is 28.9 Å². The van der Waals surface area contributed by atoms with Gasteiger partial charge in [0.2, 0.25) is 0 Å². The van der Waals surface area contributed by atoms with E-state index in [0.29, 0.717) is 6.42 Å². The summed E-state index contributed by atoms with van der Waals surface area (Å²) in [5.41, 5.74) is 2.78. The number of Topliss-reactive ketones (excluding diaryl/α,β-unsaturated/α-hetero) is 1. The lowest BCUT2D eigenvalue weighted by atomic mass is 9.82. The molecule has 0 amide bonds. The zero-order valence-corrected chi connectivity index (χ0v) is 13.6. The number of carbonyl (C=O) groups excluding carboxylic acids is 1. The summed E-state index contributed by atoms with van der Waals surface area (Å²) in [5.74, 6) is 0.135. The van der Waals surface area contributed by atoms with Gasteiger partial charge in [-0.25, -0.2) is 0 Å². The molecule has 1 heterocycles. The van der Waals surface area contributed by atoms with Crippen molar-refractivity contribution in [3.8, 4) is 0 Å². The van der Waals surface area contributed by atoms with E-state index in [4.69, 9.17) is 0 Å². The van der Waals surface area contributed by atoms with Crippen LogP contribution in [-0.4, -0.2) is 10.8 Å². The van der Waals surface area contributed by atoms with Gasteiger partial charge in [-0.2, -0.15) is 0 Å². The number of carbonyl (C=O) groups is 1. The second-order valence-corrected chi connectivity index (χ2v) is 6.82. The maximum Gasteiger partial charge on any atom is 0.167 e. The summed E-state index contributed by atoms with van der Waals surface area (Å²) in [6, 6.07) is 9.78. The summed E-state index contributed by atoms with van der Waals surface area (Å²) < 4.78 is 0.895. The fourth-order valence-electron chi connectivity index (χ4n) is 2.21. The standard InChI is InChI=1S/C17H18BrNO/c1-17(2,3)15-7-5-4-6-14(15)16(20)9-12-8-13(18)11-19-10-12/h4-8,10-11H,9H2,1-3H3. The average Bonchev–Trinajstić information content (AvgIpc) is 2.37. The first-order valence-electron chi connectivity index (χ1n) is 6.60. The van der Waals surface area contributed by atoms with E-state index >= 15 is 0 Å². The van der Waals surface area contributed by atoms with Gasteiger partial charge in [-0.05, 0) is 38.5 Å². The van der Waals surface area contributed by atoms with Crippen LogP contribution in [0.25, 0.3) is 0 Å². The Kier molecular flexibility index (Phi) is 4.39. The van der Waals surface area contributed by atoms with Crippen molar-refractivity contribution < 1.29 is 4.79 Å². The molecule has 1 aromatic heterocycles. The molecule has 2 aromatic rings. The summed E-state index contributed by atoms with van der Waals surface area (Å²) in [6.07, 6.45) is 3.83. The molecular formula is C17H18BrNO. The Labute approximate surface area is 128 Å². The normalized spacial score (nSPS) is 11.4. The molecule has 0 radical (unpaired) electrons. The molecule has 0 fully saturated rings. The van der Waals surface area contributed by atoms with Crippen LogP contribution in [0.4, 0.5) is 0 Å². The molecule has 0 spiro atoms. The quantitative estimate of drug-likeness (QED) is 0.771. The van der Waals surface area contributed by atoms with Gasteiger partial charge >= 0.3 is 0 Å². The molecule has 0 atom stereocenters. The predicted octanol–water partition coefficient (Wildman–Crippen LogP) is 4.57. The third-order valence-electron chi connectivity index (χ3n) is 3.16. The molecule has 20 heavy (non-hydrogen) atoms. The summed E-state index contributed by atoms with van der Waals surface area (Å²) >= 11 is 3.38. The third-order valence-corrected chi connectivity index (χ3v) is 3.60. The highest BCUT2D eigenvalue weighted by Crippen LogP contribution is 2.26. The van der Waals surface area contributed by atoms with Crippen molar-refractivity contribution in [2.24, 2.45) is 0 Å². The first kappa shape index (κ1) is 14.9. The highest BCUT2D eigenvalue weighted by atomic mass is 79.9. The fraction of sp³-hybridized carbons (Fsp3) is 0.294. The lowest BCUT2D eigenvalue weighted by Gasteiger charge is -2.22. The van der Waals surface area contributed by atoms with Gasteiger partial charge in [-0.15, -0.1) is 0 Å². The van der Waals surface area contributed by atoms with Crippen LogP contribution in [0.2, 0.25) is 0 Å². The summed E-state index contributed by atoms with van der Waals surface area (Å²) in [5, 5.41) is 0. The number of pyridine rings is 1. The molecule has 0 N–H and O–H groups in total. The number of hydrogen-bond acceptors (Lipinski definition) is 2. The van der Waals surface area contributed by atoms with E-state index in [9.17, 15) is 4.79 Å². The number of benzene rings is 1. The molecule has 104 valence electrons. The van der Waals surface area contributed by atoms with E-state index in [2.05, 4.69) is 41.7 Å². The van der Waals surface area contributed by atoms with Crippen LogP contribution in [0.5, 0.6) is 0 Å². The number of nitrogens with zero attached hydrogens (tertiary/aromatic N) is 1. The highest BCUT2D eigenvalue weighted by molar-refractivity contribution is 9.10. The van der Waals surface area contributed by atoms with Crippen LogP contribution in [0, 0.1) is 0 Å². The zero-order chi connectivity index (χ0) is 14.8. The van der Waals surface area contributed by atoms with E-state index in [1.54, 1.807) is 12.4 Å². The van der Waals surface area contributed by atoms with Crippen LogP contribution in [0.1, 0.15) is 42.3 Å². The van der Waals surface area contributed by atoms with Gasteiger partial charge in [0.1, 0.15) is 0 Å². The molecule has 3 heteroatoms. The molecule has 0 unspecified atom stereocenters. The largest absolute Gasteiger partial charge is 0.294 e. The Morgan fingerprint density at radius 3 is 2.55 bits per heavy atom.